The number of fused-ring (bicyclic) bond motifs is 1. The third-order valence-electron chi connectivity index (χ3n) is 4.18. The number of phenolic OH excluding ortho intramolecular Hbond substituents is 1. The molecular formula is C20H18N2O6. The molecule has 0 aliphatic carbocycles. The van der Waals surface area contributed by atoms with Crippen molar-refractivity contribution in [2.24, 2.45) is 0 Å². The van der Waals surface area contributed by atoms with Gasteiger partial charge in [-0.05, 0) is 29.8 Å². The maximum Gasteiger partial charge on any atom is 0.355 e. The first-order valence-electron chi connectivity index (χ1n) is 8.29. The number of nitrogens with one attached hydrogen (secondary N) is 1. The summed E-state index contributed by atoms with van der Waals surface area (Å²) in [5.74, 6) is -0.883. The number of aromatic carboxylic acids is 1. The number of pyridine rings is 1. The molecule has 1 aromatic heterocycles. The number of ether oxygens (including phenoxy) is 2. The second kappa shape index (κ2) is 7.83. The molecule has 3 aromatic rings. The number of methoxy groups -OCH3 is 2. The number of aromatic nitrogens is 1. The smallest absolute Gasteiger partial charge is 0.355 e. The molecule has 0 fully saturated rings. The van der Waals surface area contributed by atoms with Gasteiger partial charge in [-0.25, -0.2) is 9.78 Å². The Kier molecular flexibility index (Phi) is 5.30. The summed E-state index contributed by atoms with van der Waals surface area (Å²) in [4.78, 5) is 28.0. The van der Waals surface area contributed by atoms with E-state index in [1.165, 1.54) is 38.6 Å². The van der Waals surface area contributed by atoms with Crippen molar-refractivity contribution in [2.75, 3.05) is 19.5 Å². The van der Waals surface area contributed by atoms with E-state index in [-0.39, 0.29) is 35.3 Å². The van der Waals surface area contributed by atoms with Crippen LogP contribution in [0, 0.1) is 0 Å². The second-order valence-corrected chi connectivity index (χ2v) is 5.94. The molecule has 0 aliphatic heterocycles. The van der Waals surface area contributed by atoms with E-state index in [1.807, 2.05) is 0 Å². The largest absolute Gasteiger partial charge is 0.508 e. The summed E-state index contributed by atoms with van der Waals surface area (Å²) in [6.45, 7) is 0. The summed E-state index contributed by atoms with van der Waals surface area (Å²) in [5.41, 5.74) is 0.840. The molecule has 0 spiro atoms. The molecule has 8 heteroatoms. The number of benzene rings is 2. The third-order valence-corrected chi connectivity index (χ3v) is 4.18. The predicted molar refractivity (Wildman–Crippen MR) is 102 cm³/mol. The Morgan fingerprint density at radius 1 is 1.07 bits per heavy atom. The zero-order valence-corrected chi connectivity index (χ0v) is 15.2. The highest BCUT2D eigenvalue weighted by atomic mass is 16.5. The summed E-state index contributed by atoms with van der Waals surface area (Å²) < 4.78 is 10.7. The van der Waals surface area contributed by atoms with Crippen molar-refractivity contribution in [2.45, 2.75) is 6.42 Å². The molecule has 1 amide bonds. The molecule has 3 rings (SSSR count). The molecule has 28 heavy (non-hydrogen) atoms. The zero-order valence-electron chi connectivity index (χ0n) is 15.2. The van der Waals surface area contributed by atoms with E-state index in [4.69, 9.17) is 9.47 Å². The van der Waals surface area contributed by atoms with Crippen LogP contribution in [0.5, 0.6) is 17.2 Å². The number of carboxylic acid groups (broad SMARTS) is 1. The molecule has 3 N–H and O–H groups in total. The topological polar surface area (TPSA) is 118 Å². The maximum atomic E-state index is 12.6. The van der Waals surface area contributed by atoms with Crippen molar-refractivity contribution < 1.29 is 29.3 Å². The van der Waals surface area contributed by atoms with Gasteiger partial charge in [-0.3, -0.25) is 4.79 Å². The van der Waals surface area contributed by atoms with Gasteiger partial charge in [0.25, 0.3) is 0 Å². The average molecular weight is 382 g/mol. The van der Waals surface area contributed by atoms with Crippen molar-refractivity contribution >= 4 is 28.3 Å². The third kappa shape index (κ3) is 3.66. The zero-order chi connectivity index (χ0) is 20.3. The number of carboxylic acids is 1. The van der Waals surface area contributed by atoms with Crippen LogP contribution in [0.4, 0.5) is 5.69 Å². The molecule has 0 saturated carbocycles. The minimum atomic E-state index is -1.20. The number of aromatic hydroxyl groups is 1. The highest BCUT2D eigenvalue weighted by Crippen LogP contribution is 2.42. The van der Waals surface area contributed by atoms with Crippen molar-refractivity contribution in [3.05, 3.63) is 53.9 Å². The van der Waals surface area contributed by atoms with Crippen LogP contribution in [0.2, 0.25) is 0 Å². The number of phenols is 1. The van der Waals surface area contributed by atoms with Crippen LogP contribution in [0.1, 0.15) is 16.1 Å². The molecule has 0 atom stereocenters. The van der Waals surface area contributed by atoms with Crippen LogP contribution in [0.25, 0.3) is 10.8 Å². The number of nitrogens with zero attached hydrogens (tertiary/aromatic N) is 1. The van der Waals surface area contributed by atoms with E-state index < -0.39 is 5.97 Å². The van der Waals surface area contributed by atoms with Gasteiger partial charge in [0, 0.05) is 17.0 Å². The van der Waals surface area contributed by atoms with Crippen LogP contribution in [-0.2, 0) is 11.2 Å². The predicted octanol–water partition coefficient (Wildman–Crippen LogP) is 2.84. The lowest BCUT2D eigenvalue weighted by atomic mass is 10.1. The van der Waals surface area contributed by atoms with Gasteiger partial charge in [0.05, 0.1) is 26.3 Å². The van der Waals surface area contributed by atoms with Gasteiger partial charge >= 0.3 is 5.97 Å². The normalized spacial score (nSPS) is 10.5. The molecule has 0 radical (unpaired) electrons. The van der Waals surface area contributed by atoms with Gasteiger partial charge in [-0.2, -0.15) is 0 Å². The van der Waals surface area contributed by atoms with Crippen LogP contribution in [0.3, 0.4) is 0 Å². The van der Waals surface area contributed by atoms with Gasteiger partial charge < -0.3 is 25.0 Å². The Labute approximate surface area is 160 Å². The van der Waals surface area contributed by atoms with Crippen molar-refractivity contribution in [3.63, 3.8) is 0 Å². The number of rotatable bonds is 6. The Bertz CT molecular complexity index is 1050. The molecule has 0 unspecified atom stereocenters. The van der Waals surface area contributed by atoms with Gasteiger partial charge in [0.15, 0.2) is 17.2 Å². The lowest BCUT2D eigenvalue weighted by Crippen LogP contribution is -2.16. The number of hydrogen-bond donors (Lipinski definition) is 3. The van der Waals surface area contributed by atoms with E-state index >= 15 is 0 Å². The molecule has 1 heterocycles. The first kappa shape index (κ1) is 19.0. The highest BCUT2D eigenvalue weighted by molar-refractivity contribution is 6.11. The van der Waals surface area contributed by atoms with Crippen LogP contribution < -0.4 is 14.8 Å². The summed E-state index contributed by atoms with van der Waals surface area (Å²) in [5, 5.41) is 22.3. The van der Waals surface area contributed by atoms with Gasteiger partial charge in [-0.1, -0.05) is 12.1 Å². The van der Waals surface area contributed by atoms with E-state index in [9.17, 15) is 19.8 Å². The fourth-order valence-corrected chi connectivity index (χ4v) is 2.91. The number of carbonyl (C=O) groups is 2. The van der Waals surface area contributed by atoms with Crippen molar-refractivity contribution in [1.82, 2.24) is 4.98 Å². The standard InChI is InChI=1S/C20H18N2O6/c1-27-15-10-14-13(7-8-21-18(14)20(25)26)17(19(15)28-2)22-16(24)9-11-3-5-12(23)6-4-11/h3-8,10,23H,9H2,1-2H3,(H,22,24)(H,25,26). The first-order valence-corrected chi connectivity index (χ1v) is 8.29. The van der Waals surface area contributed by atoms with Gasteiger partial charge in [-0.15, -0.1) is 0 Å². The Morgan fingerprint density at radius 3 is 2.39 bits per heavy atom. The van der Waals surface area contributed by atoms with Crippen LogP contribution >= 0.6 is 0 Å². The van der Waals surface area contributed by atoms with Crippen molar-refractivity contribution in [1.29, 1.82) is 0 Å². The number of carbonyl (C=O) groups excluding carboxylic acids is 1. The minimum absolute atomic E-state index is 0.0546. The molecular weight excluding hydrogens is 364 g/mol. The van der Waals surface area contributed by atoms with E-state index in [0.29, 0.717) is 22.0 Å². The summed E-state index contributed by atoms with van der Waals surface area (Å²) in [6, 6.07) is 9.38. The van der Waals surface area contributed by atoms with Crippen LogP contribution in [0.15, 0.2) is 42.6 Å². The lowest BCUT2D eigenvalue weighted by Gasteiger charge is -2.17. The van der Waals surface area contributed by atoms with Crippen LogP contribution in [-0.4, -0.2) is 41.3 Å². The molecule has 144 valence electrons. The summed E-state index contributed by atoms with van der Waals surface area (Å²) in [7, 11) is 2.85. The number of anilines is 1. The summed E-state index contributed by atoms with van der Waals surface area (Å²) >= 11 is 0. The van der Waals surface area contributed by atoms with Crippen molar-refractivity contribution in [3.8, 4) is 17.2 Å². The lowest BCUT2D eigenvalue weighted by molar-refractivity contribution is -0.115. The second-order valence-electron chi connectivity index (χ2n) is 5.94. The SMILES string of the molecule is COc1cc2c(C(=O)O)nccc2c(NC(=O)Cc2ccc(O)cc2)c1OC. The van der Waals surface area contributed by atoms with E-state index in [0.717, 1.165) is 0 Å². The highest BCUT2D eigenvalue weighted by Gasteiger charge is 2.21. The number of amides is 1. The Balaban J connectivity index is 2.07. The number of hydrogen-bond acceptors (Lipinski definition) is 6. The molecule has 8 nitrogen and oxygen atoms in total. The Hall–Kier alpha value is -3.81. The average Bonchev–Trinajstić information content (AvgIpc) is 2.68. The maximum absolute atomic E-state index is 12.6. The van der Waals surface area contributed by atoms with Gasteiger partial charge in [0.2, 0.25) is 5.91 Å². The molecule has 0 bridgehead atoms. The molecule has 2 aromatic carbocycles. The molecule has 0 saturated heterocycles. The minimum Gasteiger partial charge on any atom is -0.508 e. The Morgan fingerprint density at radius 2 is 1.79 bits per heavy atom. The monoisotopic (exact) mass is 382 g/mol. The quantitative estimate of drug-likeness (QED) is 0.600. The van der Waals surface area contributed by atoms with Gasteiger partial charge in [0.1, 0.15) is 5.75 Å². The fraction of sp³-hybridized carbons (Fsp3) is 0.150. The first-order chi connectivity index (χ1) is 13.4. The summed E-state index contributed by atoms with van der Waals surface area (Å²) in [6.07, 6.45) is 1.41. The van der Waals surface area contributed by atoms with E-state index in [1.54, 1.807) is 18.2 Å². The van der Waals surface area contributed by atoms with E-state index in [2.05, 4.69) is 10.3 Å². The molecule has 0 aliphatic rings. The fourth-order valence-electron chi connectivity index (χ4n) is 2.91.